The quantitative estimate of drug-likeness (QED) is 0.852. The summed E-state index contributed by atoms with van der Waals surface area (Å²) in [5, 5.41) is 0. The minimum absolute atomic E-state index is 0.210. The van der Waals surface area contributed by atoms with Crippen LogP contribution >= 0.6 is 0 Å². The van der Waals surface area contributed by atoms with Gasteiger partial charge in [-0.1, -0.05) is 36.4 Å². The second kappa shape index (κ2) is 5.85. The van der Waals surface area contributed by atoms with E-state index >= 15 is 0 Å². The molecular formula is C16H19FN2. The van der Waals surface area contributed by atoms with Gasteiger partial charge >= 0.3 is 0 Å². The van der Waals surface area contributed by atoms with Crippen LogP contribution in [-0.4, -0.2) is 11.9 Å². The fourth-order valence-corrected chi connectivity index (χ4v) is 2.15. The van der Waals surface area contributed by atoms with Gasteiger partial charge in [-0.2, -0.15) is 0 Å². The number of rotatable bonds is 4. The van der Waals surface area contributed by atoms with Crippen molar-refractivity contribution in [3.63, 3.8) is 0 Å². The molecule has 0 bridgehead atoms. The lowest BCUT2D eigenvalue weighted by Gasteiger charge is -2.18. The largest absolute Gasteiger partial charge is 0.396 e. The van der Waals surface area contributed by atoms with Crippen LogP contribution < -0.4 is 5.73 Å². The van der Waals surface area contributed by atoms with E-state index < -0.39 is 0 Å². The Morgan fingerprint density at radius 2 is 1.63 bits per heavy atom. The van der Waals surface area contributed by atoms with Gasteiger partial charge < -0.3 is 5.73 Å². The molecule has 0 aromatic heterocycles. The van der Waals surface area contributed by atoms with Gasteiger partial charge in [0.15, 0.2) is 5.82 Å². The molecule has 0 heterocycles. The zero-order chi connectivity index (χ0) is 13.8. The second-order valence-corrected chi connectivity index (χ2v) is 4.92. The first kappa shape index (κ1) is 13.6. The molecule has 0 unspecified atom stereocenters. The molecule has 0 aliphatic heterocycles. The molecule has 0 saturated carbocycles. The van der Waals surface area contributed by atoms with Gasteiger partial charge in [-0.25, -0.2) is 4.39 Å². The normalized spacial score (nSPS) is 10.9. The van der Waals surface area contributed by atoms with E-state index in [1.807, 2.05) is 19.2 Å². The molecule has 0 spiro atoms. The van der Waals surface area contributed by atoms with E-state index in [9.17, 15) is 4.39 Å². The highest BCUT2D eigenvalue weighted by molar-refractivity contribution is 5.42. The molecule has 0 fully saturated rings. The van der Waals surface area contributed by atoms with Gasteiger partial charge in [0.1, 0.15) is 0 Å². The SMILES string of the molecule is Cc1ccccc1CN(C)Cc1cccc(N)c1F. The zero-order valence-corrected chi connectivity index (χ0v) is 11.4. The van der Waals surface area contributed by atoms with Gasteiger partial charge in [-0.3, -0.25) is 4.90 Å². The third-order valence-electron chi connectivity index (χ3n) is 3.25. The fourth-order valence-electron chi connectivity index (χ4n) is 2.15. The van der Waals surface area contributed by atoms with Crippen molar-refractivity contribution in [2.75, 3.05) is 12.8 Å². The summed E-state index contributed by atoms with van der Waals surface area (Å²) in [7, 11) is 1.98. The van der Waals surface area contributed by atoms with E-state index in [0.29, 0.717) is 12.1 Å². The Morgan fingerprint density at radius 3 is 2.37 bits per heavy atom. The van der Waals surface area contributed by atoms with E-state index in [-0.39, 0.29) is 11.5 Å². The van der Waals surface area contributed by atoms with Gasteiger partial charge in [0.25, 0.3) is 0 Å². The lowest BCUT2D eigenvalue weighted by Crippen LogP contribution is -2.18. The summed E-state index contributed by atoms with van der Waals surface area (Å²) in [6.07, 6.45) is 0. The molecule has 100 valence electrons. The number of nitrogen functional groups attached to an aromatic ring is 1. The van der Waals surface area contributed by atoms with Crippen molar-refractivity contribution >= 4 is 5.69 Å². The fraction of sp³-hybridized carbons (Fsp3) is 0.250. The molecule has 19 heavy (non-hydrogen) atoms. The summed E-state index contributed by atoms with van der Waals surface area (Å²) in [4.78, 5) is 2.08. The predicted octanol–water partition coefficient (Wildman–Crippen LogP) is 3.35. The van der Waals surface area contributed by atoms with E-state index in [1.54, 1.807) is 18.2 Å². The molecule has 2 N–H and O–H groups in total. The van der Waals surface area contributed by atoms with Crippen molar-refractivity contribution in [3.05, 3.63) is 65.0 Å². The van der Waals surface area contributed by atoms with E-state index in [4.69, 9.17) is 5.73 Å². The summed E-state index contributed by atoms with van der Waals surface area (Å²) in [5.41, 5.74) is 8.94. The summed E-state index contributed by atoms with van der Waals surface area (Å²) in [6, 6.07) is 13.4. The van der Waals surface area contributed by atoms with Crippen LogP contribution in [-0.2, 0) is 13.1 Å². The van der Waals surface area contributed by atoms with Gasteiger partial charge in [0.05, 0.1) is 5.69 Å². The Morgan fingerprint density at radius 1 is 1.00 bits per heavy atom. The minimum Gasteiger partial charge on any atom is -0.396 e. The standard InChI is InChI=1S/C16H19FN2/c1-12-6-3-4-7-13(12)10-19(2)11-14-8-5-9-15(18)16(14)17/h3-9H,10-11,18H2,1-2H3. The highest BCUT2D eigenvalue weighted by atomic mass is 19.1. The van der Waals surface area contributed by atoms with Crippen molar-refractivity contribution in [2.24, 2.45) is 0 Å². The van der Waals surface area contributed by atoms with Crippen molar-refractivity contribution < 1.29 is 4.39 Å². The molecule has 0 saturated heterocycles. The maximum Gasteiger partial charge on any atom is 0.150 e. The molecule has 2 nitrogen and oxygen atoms in total. The number of benzene rings is 2. The third-order valence-corrected chi connectivity index (χ3v) is 3.25. The van der Waals surface area contributed by atoms with Crippen LogP contribution in [0.25, 0.3) is 0 Å². The third kappa shape index (κ3) is 3.32. The van der Waals surface area contributed by atoms with Crippen molar-refractivity contribution in [1.29, 1.82) is 0 Å². The van der Waals surface area contributed by atoms with Crippen LogP contribution in [0.2, 0.25) is 0 Å². The monoisotopic (exact) mass is 258 g/mol. The summed E-state index contributed by atoms with van der Waals surface area (Å²) in [5.74, 6) is -0.306. The van der Waals surface area contributed by atoms with Crippen LogP contribution in [0, 0.1) is 12.7 Å². The van der Waals surface area contributed by atoms with E-state index in [1.165, 1.54) is 11.1 Å². The highest BCUT2D eigenvalue weighted by Crippen LogP contribution is 2.17. The van der Waals surface area contributed by atoms with Gasteiger partial charge in [-0.15, -0.1) is 0 Å². The number of hydrogen-bond donors (Lipinski definition) is 1. The Balaban J connectivity index is 2.08. The van der Waals surface area contributed by atoms with Gasteiger partial charge in [0.2, 0.25) is 0 Å². The maximum atomic E-state index is 13.8. The molecule has 0 aliphatic carbocycles. The Bertz CT molecular complexity index is 566. The Kier molecular flexibility index (Phi) is 4.17. The predicted molar refractivity (Wildman–Crippen MR) is 77.2 cm³/mol. The van der Waals surface area contributed by atoms with E-state index in [0.717, 1.165) is 6.54 Å². The van der Waals surface area contributed by atoms with Crippen LogP contribution in [0.3, 0.4) is 0 Å². The first-order chi connectivity index (χ1) is 9.08. The number of halogens is 1. The Hall–Kier alpha value is -1.87. The van der Waals surface area contributed by atoms with Crippen LogP contribution in [0.4, 0.5) is 10.1 Å². The number of aryl methyl sites for hydroxylation is 1. The van der Waals surface area contributed by atoms with Crippen LogP contribution in [0.1, 0.15) is 16.7 Å². The van der Waals surface area contributed by atoms with Gasteiger partial charge in [-0.05, 0) is 31.2 Å². The summed E-state index contributed by atoms with van der Waals surface area (Å²) in [6.45, 7) is 3.43. The van der Waals surface area contributed by atoms with Crippen molar-refractivity contribution in [2.45, 2.75) is 20.0 Å². The topological polar surface area (TPSA) is 29.3 Å². The maximum absolute atomic E-state index is 13.8. The average Bonchev–Trinajstić information content (AvgIpc) is 2.38. The number of nitrogens with zero attached hydrogens (tertiary/aromatic N) is 1. The number of hydrogen-bond acceptors (Lipinski definition) is 2. The van der Waals surface area contributed by atoms with Crippen LogP contribution in [0.5, 0.6) is 0 Å². The van der Waals surface area contributed by atoms with Crippen molar-refractivity contribution in [1.82, 2.24) is 4.90 Å². The molecule has 3 heteroatoms. The summed E-state index contributed by atoms with van der Waals surface area (Å²) >= 11 is 0. The molecule has 0 amide bonds. The van der Waals surface area contributed by atoms with Crippen LogP contribution in [0.15, 0.2) is 42.5 Å². The van der Waals surface area contributed by atoms with Crippen molar-refractivity contribution in [3.8, 4) is 0 Å². The number of nitrogens with two attached hydrogens (primary N) is 1. The molecule has 0 radical (unpaired) electrons. The van der Waals surface area contributed by atoms with E-state index in [2.05, 4.69) is 24.0 Å². The first-order valence-corrected chi connectivity index (χ1v) is 6.34. The van der Waals surface area contributed by atoms with Gasteiger partial charge in [0, 0.05) is 18.7 Å². The molecule has 0 aliphatic rings. The first-order valence-electron chi connectivity index (χ1n) is 6.34. The minimum atomic E-state index is -0.306. The number of anilines is 1. The lowest BCUT2D eigenvalue weighted by atomic mass is 10.1. The summed E-state index contributed by atoms with van der Waals surface area (Å²) < 4.78 is 13.8. The molecule has 2 rings (SSSR count). The smallest absolute Gasteiger partial charge is 0.150 e. The highest BCUT2D eigenvalue weighted by Gasteiger charge is 2.09. The second-order valence-electron chi connectivity index (χ2n) is 4.92. The molecular weight excluding hydrogens is 239 g/mol. The average molecular weight is 258 g/mol. The lowest BCUT2D eigenvalue weighted by molar-refractivity contribution is 0.313. The molecule has 0 atom stereocenters. The molecule has 2 aromatic rings. The molecule has 2 aromatic carbocycles. The zero-order valence-electron chi connectivity index (χ0n) is 11.4. The Labute approximate surface area is 113 Å².